The van der Waals surface area contributed by atoms with Crippen LogP contribution < -0.4 is 0 Å². The van der Waals surface area contributed by atoms with Gasteiger partial charge in [0.2, 0.25) is 0 Å². The van der Waals surface area contributed by atoms with Gasteiger partial charge in [-0.1, -0.05) is 37.3 Å². The van der Waals surface area contributed by atoms with Gasteiger partial charge in [0.1, 0.15) is 6.10 Å². The lowest BCUT2D eigenvalue weighted by Gasteiger charge is -2.29. The zero-order valence-electron chi connectivity index (χ0n) is 9.39. The minimum atomic E-state index is -0.393. The molecule has 1 fully saturated rings. The molecule has 16 heavy (non-hydrogen) atoms. The molecule has 2 rings (SSSR count). The van der Waals surface area contributed by atoms with E-state index in [1.165, 1.54) is 0 Å². The number of hydrogen-bond donors (Lipinski definition) is 0. The van der Waals surface area contributed by atoms with Gasteiger partial charge in [0, 0.05) is 18.4 Å². The molecule has 2 atom stereocenters. The van der Waals surface area contributed by atoms with E-state index in [1.807, 2.05) is 37.3 Å². The molecular formula is C13H16O3. The molecule has 3 heteroatoms. The van der Waals surface area contributed by atoms with Crippen LogP contribution in [0.25, 0.3) is 0 Å². The second-order valence-corrected chi connectivity index (χ2v) is 3.85. The summed E-state index contributed by atoms with van der Waals surface area (Å²) in [7, 11) is 0. The van der Waals surface area contributed by atoms with Gasteiger partial charge in [-0.2, -0.15) is 0 Å². The topological polar surface area (TPSA) is 35.5 Å². The monoisotopic (exact) mass is 220 g/mol. The third kappa shape index (κ3) is 2.49. The van der Waals surface area contributed by atoms with Crippen molar-refractivity contribution in [2.45, 2.75) is 32.2 Å². The number of ketones is 1. The van der Waals surface area contributed by atoms with Gasteiger partial charge in [-0.15, -0.1) is 0 Å². The summed E-state index contributed by atoms with van der Waals surface area (Å²) in [6.45, 7) is 2.44. The molecule has 0 unspecified atom stereocenters. The highest BCUT2D eigenvalue weighted by atomic mass is 16.7. The van der Waals surface area contributed by atoms with Gasteiger partial charge in [-0.05, 0) is 0 Å². The molecule has 0 saturated carbocycles. The Kier molecular flexibility index (Phi) is 3.70. The molecule has 0 radical (unpaired) electrons. The highest BCUT2D eigenvalue weighted by Crippen LogP contribution is 2.26. The zero-order valence-corrected chi connectivity index (χ0v) is 9.39. The zero-order chi connectivity index (χ0) is 11.4. The van der Waals surface area contributed by atoms with Gasteiger partial charge in [0.05, 0.1) is 6.61 Å². The molecule has 3 nitrogen and oxygen atoms in total. The molecule has 1 aliphatic rings. The van der Waals surface area contributed by atoms with Crippen molar-refractivity contribution in [3.05, 3.63) is 35.9 Å². The molecular weight excluding hydrogens is 204 g/mol. The first-order valence-electron chi connectivity index (χ1n) is 5.66. The van der Waals surface area contributed by atoms with E-state index in [1.54, 1.807) is 0 Å². The van der Waals surface area contributed by atoms with Crippen LogP contribution in [0.2, 0.25) is 0 Å². The molecule has 1 aromatic carbocycles. The molecule has 86 valence electrons. The van der Waals surface area contributed by atoms with Crippen LogP contribution in [0.5, 0.6) is 0 Å². The molecule has 0 amide bonds. The van der Waals surface area contributed by atoms with Crippen molar-refractivity contribution in [2.75, 3.05) is 6.61 Å². The average molecular weight is 220 g/mol. The SMILES string of the molecule is CCC(=O)[C@H]1CCO[C@@H](c2ccccc2)O1. The Balaban J connectivity index is 2.05. The largest absolute Gasteiger partial charge is 0.348 e. The Bertz CT molecular complexity index is 347. The molecule has 0 aromatic heterocycles. The van der Waals surface area contributed by atoms with Crippen molar-refractivity contribution in [1.29, 1.82) is 0 Å². The average Bonchev–Trinajstić information content (AvgIpc) is 2.39. The van der Waals surface area contributed by atoms with Crippen molar-refractivity contribution in [3.63, 3.8) is 0 Å². The van der Waals surface area contributed by atoms with Crippen LogP contribution in [-0.2, 0) is 14.3 Å². The summed E-state index contributed by atoms with van der Waals surface area (Å²) in [5.41, 5.74) is 0.969. The van der Waals surface area contributed by atoms with E-state index in [2.05, 4.69) is 0 Å². The van der Waals surface area contributed by atoms with Gasteiger partial charge in [0.25, 0.3) is 0 Å². The lowest BCUT2D eigenvalue weighted by Crippen LogP contribution is -2.32. The number of benzene rings is 1. The first kappa shape index (κ1) is 11.3. The lowest BCUT2D eigenvalue weighted by atomic mass is 10.1. The summed E-state index contributed by atoms with van der Waals surface area (Å²) in [4.78, 5) is 11.6. The van der Waals surface area contributed by atoms with Crippen LogP contribution in [-0.4, -0.2) is 18.5 Å². The highest BCUT2D eigenvalue weighted by molar-refractivity contribution is 5.82. The summed E-state index contributed by atoms with van der Waals surface area (Å²) in [6, 6.07) is 9.72. The summed E-state index contributed by atoms with van der Waals surface area (Å²) >= 11 is 0. The molecule has 0 spiro atoms. The maximum atomic E-state index is 11.6. The summed E-state index contributed by atoms with van der Waals surface area (Å²) < 4.78 is 11.2. The van der Waals surface area contributed by atoms with Gasteiger partial charge >= 0.3 is 0 Å². The van der Waals surface area contributed by atoms with Gasteiger partial charge in [-0.3, -0.25) is 4.79 Å². The van der Waals surface area contributed by atoms with E-state index in [9.17, 15) is 4.79 Å². The summed E-state index contributed by atoms with van der Waals surface area (Å²) in [5.74, 6) is 0.157. The van der Waals surface area contributed by atoms with Crippen LogP contribution in [0, 0.1) is 0 Å². The third-order valence-electron chi connectivity index (χ3n) is 2.72. The van der Waals surface area contributed by atoms with E-state index in [-0.39, 0.29) is 11.9 Å². The standard InChI is InChI=1S/C13H16O3/c1-2-11(14)12-8-9-15-13(16-12)10-6-4-3-5-7-10/h3-7,12-13H,2,8-9H2,1H3/t12-,13-/m1/s1. The van der Waals surface area contributed by atoms with Crippen molar-refractivity contribution in [3.8, 4) is 0 Å². The predicted molar refractivity (Wildman–Crippen MR) is 59.9 cm³/mol. The number of hydrogen-bond acceptors (Lipinski definition) is 3. The Hall–Kier alpha value is -1.19. The first-order valence-corrected chi connectivity index (χ1v) is 5.66. The van der Waals surface area contributed by atoms with Crippen molar-refractivity contribution in [2.24, 2.45) is 0 Å². The van der Waals surface area contributed by atoms with E-state index in [0.717, 1.165) is 5.56 Å². The molecule has 1 aromatic rings. The Labute approximate surface area is 95.4 Å². The van der Waals surface area contributed by atoms with E-state index >= 15 is 0 Å². The predicted octanol–water partition coefficient (Wildman–Crippen LogP) is 2.47. The van der Waals surface area contributed by atoms with E-state index in [0.29, 0.717) is 19.4 Å². The van der Waals surface area contributed by atoms with E-state index in [4.69, 9.17) is 9.47 Å². The molecule has 1 heterocycles. The maximum Gasteiger partial charge on any atom is 0.184 e. The van der Waals surface area contributed by atoms with Crippen LogP contribution in [0.4, 0.5) is 0 Å². The fourth-order valence-corrected chi connectivity index (χ4v) is 1.79. The Morgan fingerprint density at radius 1 is 1.38 bits per heavy atom. The van der Waals surface area contributed by atoms with Crippen molar-refractivity contribution >= 4 is 5.78 Å². The lowest BCUT2D eigenvalue weighted by molar-refractivity contribution is -0.215. The fourth-order valence-electron chi connectivity index (χ4n) is 1.79. The minimum absolute atomic E-state index is 0.157. The normalized spacial score (nSPS) is 25.3. The molecule has 0 N–H and O–H groups in total. The van der Waals surface area contributed by atoms with Crippen LogP contribution in [0.15, 0.2) is 30.3 Å². The second-order valence-electron chi connectivity index (χ2n) is 3.85. The molecule has 1 aliphatic heterocycles. The summed E-state index contributed by atoms with van der Waals surface area (Å²) in [6.07, 6.45) is 0.488. The number of carbonyl (C=O) groups is 1. The number of ether oxygens (including phenoxy) is 2. The van der Waals surface area contributed by atoms with E-state index < -0.39 is 6.29 Å². The fraction of sp³-hybridized carbons (Fsp3) is 0.462. The molecule has 0 bridgehead atoms. The van der Waals surface area contributed by atoms with Gasteiger partial charge in [0.15, 0.2) is 12.1 Å². The van der Waals surface area contributed by atoms with Gasteiger partial charge < -0.3 is 9.47 Å². The Morgan fingerprint density at radius 3 is 2.81 bits per heavy atom. The van der Waals surface area contributed by atoms with Gasteiger partial charge in [-0.25, -0.2) is 0 Å². The third-order valence-corrected chi connectivity index (χ3v) is 2.72. The number of rotatable bonds is 3. The smallest absolute Gasteiger partial charge is 0.184 e. The quantitative estimate of drug-likeness (QED) is 0.785. The van der Waals surface area contributed by atoms with Crippen LogP contribution in [0.3, 0.4) is 0 Å². The Morgan fingerprint density at radius 2 is 2.12 bits per heavy atom. The number of carbonyl (C=O) groups excluding carboxylic acids is 1. The minimum Gasteiger partial charge on any atom is -0.348 e. The van der Waals surface area contributed by atoms with Crippen molar-refractivity contribution in [1.82, 2.24) is 0 Å². The first-order chi connectivity index (χ1) is 7.81. The highest BCUT2D eigenvalue weighted by Gasteiger charge is 2.27. The maximum absolute atomic E-state index is 11.6. The van der Waals surface area contributed by atoms with Crippen LogP contribution in [0.1, 0.15) is 31.6 Å². The second kappa shape index (κ2) is 5.23. The molecule has 0 aliphatic carbocycles. The number of Topliss-reactive ketones (excluding diaryl/α,β-unsaturated/α-hetero) is 1. The van der Waals surface area contributed by atoms with Crippen molar-refractivity contribution < 1.29 is 14.3 Å². The van der Waals surface area contributed by atoms with Crippen LogP contribution >= 0.6 is 0 Å². The summed E-state index contributed by atoms with van der Waals surface area (Å²) in [5, 5.41) is 0. The molecule has 1 saturated heterocycles.